The lowest BCUT2D eigenvalue weighted by atomic mass is 9.85. The first-order valence-corrected chi connectivity index (χ1v) is 8.87. The number of benzene rings is 2. The van der Waals surface area contributed by atoms with Crippen molar-refractivity contribution in [1.29, 1.82) is 0 Å². The second kappa shape index (κ2) is 7.37. The van der Waals surface area contributed by atoms with Crippen LogP contribution in [0.3, 0.4) is 0 Å². The molecule has 1 aromatic heterocycles. The predicted molar refractivity (Wildman–Crippen MR) is 102 cm³/mol. The van der Waals surface area contributed by atoms with Crippen LogP contribution in [0.5, 0.6) is 11.5 Å². The van der Waals surface area contributed by atoms with Gasteiger partial charge in [0.2, 0.25) is 0 Å². The van der Waals surface area contributed by atoms with E-state index < -0.39 is 0 Å². The number of ether oxygens (including phenoxy) is 2. The standard InChI is InChI=1S/C22H21FN2O2/c1-26-20-12-14-11-19(18-9-5-6-10-24-18)25-22(16(14)13-21(20)27-2)15-7-3-4-8-17(15)23/h3-10,12-13,19,22,25H,11H2,1-2H3/t19-,22-/m0/s1. The third-order valence-corrected chi connectivity index (χ3v) is 5.01. The molecule has 5 heteroatoms. The molecule has 1 aliphatic heterocycles. The van der Waals surface area contributed by atoms with E-state index in [9.17, 15) is 4.39 Å². The van der Waals surface area contributed by atoms with Crippen LogP contribution in [0.1, 0.15) is 34.5 Å². The molecule has 0 unspecified atom stereocenters. The summed E-state index contributed by atoms with van der Waals surface area (Å²) >= 11 is 0. The van der Waals surface area contributed by atoms with Crippen LogP contribution >= 0.6 is 0 Å². The Kier molecular flexibility index (Phi) is 4.77. The van der Waals surface area contributed by atoms with E-state index >= 15 is 0 Å². The Morgan fingerprint density at radius 3 is 2.41 bits per heavy atom. The van der Waals surface area contributed by atoms with E-state index in [0.717, 1.165) is 23.2 Å². The zero-order valence-corrected chi connectivity index (χ0v) is 15.3. The molecule has 0 bridgehead atoms. The van der Waals surface area contributed by atoms with Crippen LogP contribution in [0.2, 0.25) is 0 Å². The molecule has 0 saturated carbocycles. The van der Waals surface area contributed by atoms with Gasteiger partial charge < -0.3 is 9.47 Å². The minimum atomic E-state index is -0.304. The molecular formula is C22H21FN2O2. The number of nitrogens with zero attached hydrogens (tertiary/aromatic N) is 1. The molecule has 0 spiro atoms. The quantitative estimate of drug-likeness (QED) is 0.753. The topological polar surface area (TPSA) is 43.4 Å². The molecule has 0 saturated heterocycles. The number of halogens is 1. The number of hydrogen-bond donors (Lipinski definition) is 1. The van der Waals surface area contributed by atoms with Gasteiger partial charge in [0.15, 0.2) is 11.5 Å². The summed E-state index contributed by atoms with van der Waals surface area (Å²) in [6.07, 6.45) is 2.51. The zero-order chi connectivity index (χ0) is 18.8. The number of hydrogen-bond acceptors (Lipinski definition) is 4. The molecule has 2 atom stereocenters. The number of fused-ring (bicyclic) bond motifs is 1. The van der Waals surface area contributed by atoms with Crippen molar-refractivity contribution < 1.29 is 13.9 Å². The smallest absolute Gasteiger partial charge is 0.161 e. The molecule has 1 N–H and O–H groups in total. The molecular weight excluding hydrogens is 343 g/mol. The van der Waals surface area contributed by atoms with E-state index in [-0.39, 0.29) is 17.9 Å². The highest BCUT2D eigenvalue weighted by Crippen LogP contribution is 2.41. The van der Waals surface area contributed by atoms with Crippen molar-refractivity contribution >= 4 is 0 Å². The first-order chi connectivity index (χ1) is 13.2. The highest BCUT2D eigenvalue weighted by Gasteiger charge is 2.31. The lowest BCUT2D eigenvalue weighted by molar-refractivity contribution is 0.350. The van der Waals surface area contributed by atoms with E-state index in [1.807, 2.05) is 42.5 Å². The number of aromatic nitrogens is 1. The molecule has 0 aliphatic carbocycles. The van der Waals surface area contributed by atoms with E-state index in [2.05, 4.69) is 10.3 Å². The van der Waals surface area contributed by atoms with Crippen LogP contribution in [0.15, 0.2) is 60.8 Å². The van der Waals surface area contributed by atoms with E-state index in [0.29, 0.717) is 17.1 Å². The van der Waals surface area contributed by atoms with Crippen LogP contribution in [-0.4, -0.2) is 19.2 Å². The van der Waals surface area contributed by atoms with Crippen molar-refractivity contribution in [3.63, 3.8) is 0 Å². The summed E-state index contributed by atoms with van der Waals surface area (Å²) in [4.78, 5) is 4.49. The number of pyridine rings is 1. The fourth-order valence-electron chi connectivity index (χ4n) is 3.69. The Labute approximate surface area is 158 Å². The van der Waals surface area contributed by atoms with Crippen molar-refractivity contribution in [3.05, 3.63) is 89.0 Å². The molecule has 4 rings (SSSR count). The van der Waals surface area contributed by atoms with Gasteiger partial charge in [0.05, 0.1) is 32.0 Å². The molecule has 4 nitrogen and oxygen atoms in total. The van der Waals surface area contributed by atoms with Crippen LogP contribution in [0.25, 0.3) is 0 Å². The highest BCUT2D eigenvalue weighted by molar-refractivity contribution is 5.52. The van der Waals surface area contributed by atoms with Crippen LogP contribution in [0, 0.1) is 5.82 Å². The van der Waals surface area contributed by atoms with E-state index in [1.54, 1.807) is 26.5 Å². The summed E-state index contributed by atoms with van der Waals surface area (Å²) in [6.45, 7) is 0. The largest absolute Gasteiger partial charge is 0.493 e. The van der Waals surface area contributed by atoms with Gasteiger partial charge in [0.1, 0.15) is 5.82 Å². The summed E-state index contributed by atoms with van der Waals surface area (Å²) in [6, 6.07) is 16.3. The molecule has 0 radical (unpaired) electrons. The third-order valence-electron chi connectivity index (χ3n) is 5.01. The average molecular weight is 364 g/mol. The summed E-state index contributed by atoms with van der Waals surface area (Å²) in [5.41, 5.74) is 3.62. The maximum atomic E-state index is 14.6. The Balaban J connectivity index is 1.86. The fourth-order valence-corrected chi connectivity index (χ4v) is 3.69. The Hall–Kier alpha value is -2.92. The van der Waals surface area contributed by atoms with Crippen LogP contribution in [0.4, 0.5) is 4.39 Å². The number of rotatable bonds is 4. The van der Waals surface area contributed by atoms with Gasteiger partial charge in [0.25, 0.3) is 0 Å². The summed E-state index contributed by atoms with van der Waals surface area (Å²) in [5, 5.41) is 3.57. The highest BCUT2D eigenvalue weighted by atomic mass is 19.1. The lowest BCUT2D eigenvalue weighted by Crippen LogP contribution is -2.35. The second-order valence-electron chi connectivity index (χ2n) is 6.54. The molecule has 0 amide bonds. The Bertz CT molecular complexity index is 946. The SMILES string of the molecule is COc1cc2c(cc1OC)[C@H](c1ccccc1F)N[C@H](c1ccccn1)C2. The monoisotopic (exact) mass is 364 g/mol. The van der Waals surface area contributed by atoms with Crippen molar-refractivity contribution in [2.75, 3.05) is 14.2 Å². The minimum absolute atomic E-state index is 0.0265. The van der Waals surface area contributed by atoms with Gasteiger partial charge in [-0.1, -0.05) is 24.3 Å². The van der Waals surface area contributed by atoms with Gasteiger partial charge in [-0.3, -0.25) is 10.3 Å². The Morgan fingerprint density at radius 1 is 0.963 bits per heavy atom. The maximum absolute atomic E-state index is 14.6. The first kappa shape index (κ1) is 17.5. The molecule has 1 aliphatic rings. The second-order valence-corrected chi connectivity index (χ2v) is 6.54. The van der Waals surface area contributed by atoms with E-state index in [1.165, 1.54) is 6.07 Å². The summed E-state index contributed by atoms with van der Waals surface area (Å²) < 4.78 is 25.6. The van der Waals surface area contributed by atoms with Gasteiger partial charge in [-0.05, 0) is 47.9 Å². The van der Waals surface area contributed by atoms with Gasteiger partial charge >= 0.3 is 0 Å². The van der Waals surface area contributed by atoms with Crippen LogP contribution in [-0.2, 0) is 6.42 Å². The molecule has 0 fully saturated rings. The number of methoxy groups -OCH3 is 2. The summed E-state index contributed by atoms with van der Waals surface area (Å²) in [5.74, 6) is 1.07. The number of nitrogens with one attached hydrogen (secondary N) is 1. The van der Waals surface area contributed by atoms with Gasteiger partial charge in [-0.25, -0.2) is 4.39 Å². The maximum Gasteiger partial charge on any atom is 0.161 e. The average Bonchev–Trinajstić information content (AvgIpc) is 2.73. The van der Waals surface area contributed by atoms with Crippen molar-refractivity contribution in [1.82, 2.24) is 10.3 Å². The Morgan fingerprint density at radius 2 is 1.70 bits per heavy atom. The zero-order valence-electron chi connectivity index (χ0n) is 15.3. The molecule has 2 aromatic carbocycles. The molecule has 138 valence electrons. The van der Waals surface area contributed by atoms with Gasteiger partial charge in [0, 0.05) is 11.8 Å². The first-order valence-electron chi connectivity index (χ1n) is 8.87. The van der Waals surface area contributed by atoms with E-state index in [4.69, 9.17) is 9.47 Å². The molecule has 3 aromatic rings. The minimum Gasteiger partial charge on any atom is -0.493 e. The van der Waals surface area contributed by atoms with Gasteiger partial charge in [-0.2, -0.15) is 0 Å². The van der Waals surface area contributed by atoms with Crippen molar-refractivity contribution in [2.45, 2.75) is 18.5 Å². The summed E-state index contributed by atoms with van der Waals surface area (Å²) in [7, 11) is 3.23. The molecule has 2 heterocycles. The van der Waals surface area contributed by atoms with Crippen LogP contribution < -0.4 is 14.8 Å². The van der Waals surface area contributed by atoms with Crippen molar-refractivity contribution in [3.8, 4) is 11.5 Å². The lowest BCUT2D eigenvalue weighted by Gasteiger charge is -2.34. The predicted octanol–water partition coefficient (Wildman–Crippen LogP) is 4.21. The fraction of sp³-hybridized carbons (Fsp3) is 0.227. The van der Waals surface area contributed by atoms with Gasteiger partial charge in [-0.15, -0.1) is 0 Å². The molecule has 27 heavy (non-hydrogen) atoms. The third kappa shape index (κ3) is 3.26. The van der Waals surface area contributed by atoms with Crippen molar-refractivity contribution in [2.24, 2.45) is 0 Å². The normalized spacial score (nSPS) is 18.6.